The van der Waals surface area contributed by atoms with Crippen molar-refractivity contribution in [3.63, 3.8) is 0 Å². The molecule has 2 aliphatic rings. The zero-order valence-electron chi connectivity index (χ0n) is 15.9. The van der Waals surface area contributed by atoms with Gasteiger partial charge in [-0.05, 0) is 17.7 Å². The lowest BCUT2D eigenvalue weighted by molar-refractivity contribution is -0.125. The van der Waals surface area contributed by atoms with Gasteiger partial charge in [0.1, 0.15) is 12.6 Å². The van der Waals surface area contributed by atoms with Crippen LogP contribution in [-0.4, -0.2) is 86.9 Å². The van der Waals surface area contributed by atoms with E-state index in [0.717, 1.165) is 25.2 Å². The number of hydrogen-bond donors (Lipinski definition) is 1. The van der Waals surface area contributed by atoms with Gasteiger partial charge in [0.2, 0.25) is 5.91 Å². The molecule has 0 aromatic heterocycles. The molecule has 152 valence electrons. The van der Waals surface area contributed by atoms with E-state index in [9.17, 15) is 14.4 Å². The first-order valence-electron chi connectivity index (χ1n) is 9.27. The minimum atomic E-state index is -0.669. The van der Waals surface area contributed by atoms with E-state index in [4.69, 9.17) is 9.47 Å². The van der Waals surface area contributed by atoms with Gasteiger partial charge in [-0.25, -0.2) is 9.59 Å². The molecule has 2 saturated heterocycles. The molecule has 1 N–H and O–H groups in total. The van der Waals surface area contributed by atoms with E-state index in [-0.39, 0.29) is 19.1 Å². The van der Waals surface area contributed by atoms with Crippen LogP contribution in [0.4, 0.5) is 4.79 Å². The Morgan fingerprint density at radius 1 is 1.21 bits per heavy atom. The molecule has 0 unspecified atom stereocenters. The van der Waals surface area contributed by atoms with Crippen LogP contribution in [0.15, 0.2) is 24.3 Å². The average Bonchev–Trinajstić information content (AvgIpc) is 3.09. The fraction of sp³-hybridized carbons (Fsp3) is 0.526. The van der Waals surface area contributed by atoms with E-state index in [0.29, 0.717) is 25.3 Å². The fourth-order valence-electron chi connectivity index (χ4n) is 3.18. The first-order valence-corrected chi connectivity index (χ1v) is 9.27. The Morgan fingerprint density at radius 2 is 1.93 bits per heavy atom. The Hall–Kier alpha value is -2.65. The van der Waals surface area contributed by atoms with E-state index < -0.39 is 18.1 Å². The molecule has 9 heteroatoms. The van der Waals surface area contributed by atoms with Crippen LogP contribution >= 0.6 is 0 Å². The molecule has 0 bridgehead atoms. The summed E-state index contributed by atoms with van der Waals surface area (Å²) in [5.41, 5.74) is 1.21. The number of carbonyl (C=O) groups is 3. The summed E-state index contributed by atoms with van der Waals surface area (Å²) in [6, 6.07) is 6.04. The summed E-state index contributed by atoms with van der Waals surface area (Å²) in [5, 5.41) is 2.88. The number of nitrogens with one attached hydrogen (secondary N) is 1. The summed E-state index contributed by atoms with van der Waals surface area (Å²) in [4.78, 5) is 39.7. The molecule has 2 heterocycles. The number of hydrogen-bond acceptors (Lipinski definition) is 7. The van der Waals surface area contributed by atoms with Gasteiger partial charge in [0.05, 0.1) is 32.4 Å². The molecule has 0 radical (unpaired) electrons. The molecule has 0 aliphatic carbocycles. The highest BCUT2D eigenvalue weighted by atomic mass is 16.6. The van der Waals surface area contributed by atoms with Crippen molar-refractivity contribution in [2.24, 2.45) is 0 Å². The number of esters is 1. The van der Waals surface area contributed by atoms with Crippen LogP contribution in [0.2, 0.25) is 0 Å². The van der Waals surface area contributed by atoms with Crippen molar-refractivity contribution in [1.82, 2.24) is 15.1 Å². The third kappa shape index (κ3) is 4.99. The summed E-state index contributed by atoms with van der Waals surface area (Å²) < 4.78 is 15.0. The van der Waals surface area contributed by atoms with Crippen molar-refractivity contribution >= 4 is 18.0 Å². The predicted octanol–water partition coefficient (Wildman–Crippen LogP) is 0.242. The number of rotatable bonds is 7. The van der Waals surface area contributed by atoms with Crippen molar-refractivity contribution in [1.29, 1.82) is 0 Å². The number of nitrogens with zero attached hydrogens (tertiary/aromatic N) is 2. The first-order chi connectivity index (χ1) is 13.6. The number of carbonyl (C=O) groups excluding carboxylic acids is 3. The largest absolute Gasteiger partial charge is 0.465 e. The SMILES string of the molecule is COC(=O)c1ccc(CN2C(=O)OC[C@H]2C(=O)NCCN2CCOCC2)cc1. The van der Waals surface area contributed by atoms with Crippen LogP contribution in [0, 0.1) is 0 Å². The molecular weight excluding hydrogens is 366 g/mol. The van der Waals surface area contributed by atoms with Gasteiger partial charge < -0.3 is 19.5 Å². The van der Waals surface area contributed by atoms with E-state index in [1.54, 1.807) is 24.3 Å². The van der Waals surface area contributed by atoms with Crippen molar-refractivity contribution in [2.75, 3.05) is 53.1 Å². The second-order valence-corrected chi connectivity index (χ2v) is 6.65. The molecule has 2 amide bonds. The number of methoxy groups -OCH3 is 1. The molecule has 1 aromatic carbocycles. The maximum Gasteiger partial charge on any atom is 0.410 e. The van der Waals surface area contributed by atoms with Gasteiger partial charge in [0, 0.05) is 26.2 Å². The van der Waals surface area contributed by atoms with E-state index in [1.807, 2.05) is 0 Å². The van der Waals surface area contributed by atoms with Crippen LogP contribution in [0.5, 0.6) is 0 Å². The van der Waals surface area contributed by atoms with Gasteiger partial charge in [0.15, 0.2) is 0 Å². The monoisotopic (exact) mass is 391 g/mol. The van der Waals surface area contributed by atoms with Gasteiger partial charge in [-0.3, -0.25) is 14.6 Å². The van der Waals surface area contributed by atoms with E-state index >= 15 is 0 Å². The number of morpholine rings is 1. The second kappa shape index (κ2) is 9.52. The Kier molecular flexibility index (Phi) is 6.83. The van der Waals surface area contributed by atoms with Crippen molar-refractivity contribution < 1.29 is 28.6 Å². The van der Waals surface area contributed by atoms with Crippen LogP contribution in [-0.2, 0) is 25.5 Å². The summed E-state index contributed by atoms with van der Waals surface area (Å²) >= 11 is 0. The van der Waals surface area contributed by atoms with Gasteiger partial charge >= 0.3 is 12.1 Å². The van der Waals surface area contributed by atoms with Gasteiger partial charge in [-0.15, -0.1) is 0 Å². The molecule has 1 atom stereocenters. The molecule has 1 aromatic rings. The fourth-order valence-corrected chi connectivity index (χ4v) is 3.18. The number of benzene rings is 1. The molecule has 2 aliphatic heterocycles. The summed E-state index contributed by atoms with van der Waals surface area (Å²) in [5.74, 6) is -0.657. The van der Waals surface area contributed by atoms with Crippen molar-refractivity contribution in [3.05, 3.63) is 35.4 Å². The van der Waals surface area contributed by atoms with E-state index in [1.165, 1.54) is 12.0 Å². The molecule has 3 rings (SSSR count). The zero-order chi connectivity index (χ0) is 19.9. The molecule has 0 spiro atoms. The summed E-state index contributed by atoms with van der Waals surface area (Å²) in [7, 11) is 1.32. The number of cyclic esters (lactones) is 1. The average molecular weight is 391 g/mol. The Labute approximate surface area is 163 Å². The molecule has 9 nitrogen and oxygen atoms in total. The van der Waals surface area contributed by atoms with Crippen LogP contribution in [0.1, 0.15) is 15.9 Å². The maximum absolute atomic E-state index is 12.5. The normalized spacial score (nSPS) is 20.0. The number of amides is 2. The Bertz CT molecular complexity index is 702. The Balaban J connectivity index is 1.53. The minimum absolute atomic E-state index is 0.0302. The highest BCUT2D eigenvalue weighted by molar-refractivity contribution is 5.89. The van der Waals surface area contributed by atoms with Crippen LogP contribution in [0.3, 0.4) is 0 Å². The first kappa shape index (κ1) is 20.1. The quantitative estimate of drug-likeness (QED) is 0.665. The van der Waals surface area contributed by atoms with Gasteiger partial charge in [0.25, 0.3) is 0 Å². The smallest absolute Gasteiger partial charge is 0.410 e. The lowest BCUT2D eigenvalue weighted by Crippen LogP contribution is -2.48. The number of ether oxygens (including phenoxy) is 3. The third-order valence-electron chi connectivity index (χ3n) is 4.84. The van der Waals surface area contributed by atoms with E-state index in [2.05, 4.69) is 15.0 Å². The van der Waals surface area contributed by atoms with Gasteiger partial charge in [-0.1, -0.05) is 12.1 Å². The predicted molar refractivity (Wildman–Crippen MR) is 98.7 cm³/mol. The minimum Gasteiger partial charge on any atom is -0.465 e. The summed E-state index contributed by atoms with van der Waals surface area (Å²) in [6.07, 6.45) is -0.523. The van der Waals surface area contributed by atoms with Crippen LogP contribution < -0.4 is 5.32 Å². The molecule has 0 saturated carbocycles. The second-order valence-electron chi connectivity index (χ2n) is 6.65. The maximum atomic E-state index is 12.5. The summed E-state index contributed by atoms with van der Waals surface area (Å²) in [6.45, 7) is 4.63. The molecule has 28 heavy (non-hydrogen) atoms. The standard InChI is InChI=1S/C19H25N3O6/c1-26-18(24)15-4-2-14(3-5-15)12-22-16(13-28-19(22)25)17(23)20-6-7-21-8-10-27-11-9-21/h2-5,16H,6-13H2,1H3,(H,20,23)/t16-/m0/s1. The Morgan fingerprint density at radius 3 is 2.61 bits per heavy atom. The van der Waals surface area contributed by atoms with Crippen molar-refractivity contribution in [2.45, 2.75) is 12.6 Å². The molecular formula is C19H25N3O6. The van der Waals surface area contributed by atoms with Crippen LogP contribution in [0.25, 0.3) is 0 Å². The zero-order valence-corrected chi connectivity index (χ0v) is 15.9. The lowest BCUT2D eigenvalue weighted by Gasteiger charge is -2.27. The highest BCUT2D eigenvalue weighted by Crippen LogP contribution is 2.17. The topological polar surface area (TPSA) is 97.4 Å². The highest BCUT2D eigenvalue weighted by Gasteiger charge is 2.37. The lowest BCUT2D eigenvalue weighted by atomic mass is 10.1. The molecule has 2 fully saturated rings. The third-order valence-corrected chi connectivity index (χ3v) is 4.84. The van der Waals surface area contributed by atoms with Crippen molar-refractivity contribution in [3.8, 4) is 0 Å². The van der Waals surface area contributed by atoms with Gasteiger partial charge in [-0.2, -0.15) is 0 Å².